The minimum atomic E-state index is -0.376. The highest BCUT2D eigenvalue weighted by Gasteiger charge is 2.31. The number of benzene rings is 2. The Morgan fingerprint density at radius 2 is 1.87 bits per heavy atom. The van der Waals surface area contributed by atoms with E-state index in [1.165, 1.54) is 0 Å². The van der Waals surface area contributed by atoms with Gasteiger partial charge < -0.3 is 4.57 Å². The Kier molecular flexibility index (Phi) is 5.68. The molecule has 0 bridgehead atoms. The third-order valence-corrected chi connectivity index (χ3v) is 5.80. The van der Waals surface area contributed by atoms with E-state index < -0.39 is 0 Å². The number of unbranched alkanes of at least 4 members (excludes halogenated alkanes) is 1. The SMILES string of the molecule is CCCCc1c(Cc2ccc(-c3ccccc3C#N)cc2)c(=O)nc2n1C(C)C(=O)N2. The van der Waals surface area contributed by atoms with E-state index in [0.29, 0.717) is 23.5 Å². The molecule has 6 nitrogen and oxygen atoms in total. The highest BCUT2D eigenvalue weighted by Crippen LogP contribution is 2.28. The zero-order chi connectivity index (χ0) is 22.0. The van der Waals surface area contributed by atoms with Gasteiger partial charge in [-0.05, 0) is 42.5 Å². The molecule has 1 amide bonds. The average Bonchev–Trinajstić information content (AvgIpc) is 3.07. The van der Waals surface area contributed by atoms with Gasteiger partial charge in [0.2, 0.25) is 11.9 Å². The van der Waals surface area contributed by atoms with Crippen molar-refractivity contribution in [3.8, 4) is 17.2 Å². The number of fused-ring (bicyclic) bond motifs is 1. The molecule has 1 N–H and O–H groups in total. The summed E-state index contributed by atoms with van der Waals surface area (Å²) in [6.07, 6.45) is 3.10. The van der Waals surface area contributed by atoms with Crippen LogP contribution in [0.3, 0.4) is 0 Å². The van der Waals surface area contributed by atoms with E-state index in [-0.39, 0.29) is 17.5 Å². The summed E-state index contributed by atoms with van der Waals surface area (Å²) in [5, 5.41) is 12.1. The molecule has 0 radical (unpaired) electrons. The van der Waals surface area contributed by atoms with Crippen molar-refractivity contribution in [2.45, 2.75) is 45.6 Å². The van der Waals surface area contributed by atoms with Crippen molar-refractivity contribution in [1.82, 2.24) is 9.55 Å². The zero-order valence-electron chi connectivity index (χ0n) is 17.7. The number of carbonyl (C=O) groups is 1. The van der Waals surface area contributed by atoms with Crippen molar-refractivity contribution in [1.29, 1.82) is 5.26 Å². The van der Waals surface area contributed by atoms with Gasteiger partial charge in [-0.25, -0.2) is 0 Å². The van der Waals surface area contributed by atoms with Gasteiger partial charge in [0, 0.05) is 17.7 Å². The lowest BCUT2D eigenvalue weighted by Crippen LogP contribution is -2.23. The summed E-state index contributed by atoms with van der Waals surface area (Å²) in [7, 11) is 0. The van der Waals surface area contributed by atoms with Crippen molar-refractivity contribution in [2.24, 2.45) is 0 Å². The van der Waals surface area contributed by atoms with Gasteiger partial charge in [0.05, 0.1) is 11.6 Å². The average molecular weight is 412 g/mol. The van der Waals surface area contributed by atoms with Gasteiger partial charge in [0.15, 0.2) is 0 Å². The molecule has 1 aromatic heterocycles. The maximum atomic E-state index is 12.8. The number of nitriles is 1. The van der Waals surface area contributed by atoms with E-state index in [1.54, 1.807) is 6.07 Å². The molecule has 3 aromatic rings. The predicted octanol–water partition coefficient (Wildman–Crippen LogP) is 4.23. The van der Waals surface area contributed by atoms with Crippen molar-refractivity contribution >= 4 is 11.9 Å². The number of nitrogens with zero attached hydrogens (tertiary/aromatic N) is 3. The zero-order valence-corrected chi connectivity index (χ0v) is 17.7. The molecule has 31 heavy (non-hydrogen) atoms. The second kappa shape index (κ2) is 8.57. The molecule has 1 aliphatic heterocycles. The molecule has 0 spiro atoms. The first-order valence-electron chi connectivity index (χ1n) is 10.6. The normalized spacial score (nSPS) is 14.7. The van der Waals surface area contributed by atoms with Gasteiger partial charge in [0.1, 0.15) is 6.04 Å². The second-order valence-corrected chi connectivity index (χ2v) is 7.84. The Morgan fingerprint density at radius 3 is 2.58 bits per heavy atom. The van der Waals surface area contributed by atoms with Crippen molar-refractivity contribution < 1.29 is 4.79 Å². The molecule has 0 saturated heterocycles. The van der Waals surface area contributed by atoms with E-state index in [1.807, 2.05) is 54.0 Å². The van der Waals surface area contributed by atoms with Gasteiger partial charge in [0.25, 0.3) is 5.56 Å². The lowest BCUT2D eigenvalue weighted by atomic mass is 9.96. The van der Waals surface area contributed by atoms with Gasteiger partial charge in [-0.2, -0.15) is 10.2 Å². The van der Waals surface area contributed by atoms with E-state index in [0.717, 1.165) is 41.6 Å². The lowest BCUT2D eigenvalue weighted by molar-refractivity contribution is -0.117. The molecule has 4 rings (SSSR count). The molecule has 0 saturated carbocycles. The van der Waals surface area contributed by atoms with E-state index in [4.69, 9.17) is 0 Å². The fourth-order valence-electron chi connectivity index (χ4n) is 4.08. The number of nitrogens with one attached hydrogen (secondary N) is 1. The standard InChI is InChI=1S/C25H24N4O2/c1-3-4-9-22-21(24(31)28-25-27-23(30)16(2)29(22)25)14-17-10-12-18(13-11-17)20-8-6-5-7-19(20)15-26/h5-8,10-13,16H,3-4,9,14H2,1-2H3,(H,27,28,30,31). The summed E-state index contributed by atoms with van der Waals surface area (Å²) in [6.45, 7) is 3.94. The second-order valence-electron chi connectivity index (χ2n) is 7.84. The lowest BCUT2D eigenvalue weighted by Gasteiger charge is -2.17. The summed E-state index contributed by atoms with van der Waals surface area (Å²) in [5.41, 5.74) is 4.71. The monoisotopic (exact) mass is 412 g/mol. The maximum Gasteiger partial charge on any atom is 0.278 e. The van der Waals surface area contributed by atoms with Gasteiger partial charge in [-0.1, -0.05) is 55.8 Å². The topological polar surface area (TPSA) is 87.8 Å². The van der Waals surface area contributed by atoms with Crippen LogP contribution in [0.4, 0.5) is 5.95 Å². The van der Waals surface area contributed by atoms with Crippen LogP contribution in [-0.4, -0.2) is 15.5 Å². The van der Waals surface area contributed by atoms with E-state index in [2.05, 4.69) is 23.3 Å². The van der Waals surface area contributed by atoms with Crippen molar-refractivity contribution in [2.75, 3.05) is 5.32 Å². The van der Waals surface area contributed by atoms with Crippen LogP contribution in [0.2, 0.25) is 0 Å². The Hall–Kier alpha value is -3.72. The number of hydrogen-bond donors (Lipinski definition) is 1. The first-order valence-corrected chi connectivity index (χ1v) is 10.6. The fourth-order valence-corrected chi connectivity index (χ4v) is 4.08. The Morgan fingerprint density at radius 1 is 1.13 bits per heavy atom. The number of carbonyl (C=O) groups excluding carboxylic acids is 1. The van der Waals surface area contributed by atoms with Crippen LogP contribution in [0.15, 0.2) is 53.3 Å². The molecular formula is C25H24N4O2. The number of aromatic nitrogens is 2. The summed E-state index contributed by atoms with van der Waals surface area (Å²) in [6, 6.07) is 17.3. The van der Waals surface area contributed by atoms with Crippen molar-refractivity contribution in [3.63, 3.8) is 0 Å². The summed E-state index contributed by atoms with van der Waals surface area (Å²) < 4.78 is 1.88. The number of rotatable bonds is 6. The Balaban J connectivity index is 1.71. The molecule has 2 heterocycles. The van der Waals surface area contributed by atoms with Gasteiger partial charge in [-0.3, -0.25) is 14.9 Å². The van der Waals surface area contributed by atoms with Crippen LogP contribution < -0.4 is 10.9 Å². The van der Waals surface area contributed by atoms with Gasteiger partial charge >= 0.3 is 0 Å². The molecule has 6 heteroatoms. The smallest absolute Gasteiger partial charge is 0.278 e. The van der Waals surface area contributed by atoms with Crippen LogP contribution in [0.5, 0.6) is 0 Å². The summed E-state index contributed by atoms with van der Waals surface area (Å²) >= 11 is 0. The van der Waals surface area contributed by atoms with E-state index in [9.17, 15) is 14.9 Å². The highest BCUT2D eigenvalue weighted by molar-refractivity contribution is 5.95. The van der Waals surface area contributed by atoms with Gasteiger partial charge in [-0.15, -0.1) is 0 Å². The van der Waals surface area contributed by atoms with Crippen LogP contribution in [0, 0.1) is 11.3 Å². The fraction of sp³-hybridized carbons (Fsp3) is 0.280. The largest absolute Gasteiger partial charge is 0.303 e. The molecule has 1 atom stereocenters. The molecule has 2 aromatic carbocycles. The molecule has 1 aliphatic rings. The van der Waals surface area contributed by atoms with E-state index >= 15 is 0 Å². The van der Waals surface area contributed by atoms with Crippen LogP contribution in [-0.2, 0) is 17.6 Å². The predicted molar refractivity (Wildman–Crippen MR) is 120 cm³/mol. The summed E-state index contributed by atoms with van der Waals surface area (Å²) in [5.74, 6) is 0.211. The molecule has 0 fully saturated rings. The number of amides is 1. The van der Waals surface area contributed by atoms with Crippen LogP contribution >= 0.6 is 0 Å². The minimum absolute atomic E-state index is 0.137. The number of anilines is 1. The molecule has 1 unspecified atom stereocenters. The third kappa shape index (κ3) is 3.87. The minimum Gasteiger partial charge on any atom is -0.303 e. The number of hydrogen-bond acceptors (Lipinski definition) is 4. The first kappa shape index (κ1) is 20.5. The third-order valence-electron chi connectivity index (χ3n) is 5.80. The quantitative estimate of drug-likeness (QED) is 0.656. The Bertz CT molecular complexity index is 1240. The molecular weight excluding hydrogens is 388 g/mol. The Labute approximate surface area is 181 Å². The van der Waals surface area contributed by atoms with Crippen LogP contribution in [0.25, 0.3) is 11.1 Å². The van der Waals surface area contributed by atoms with Crippen molar-refractivity contribution in [3.05, 3.63) is 81.3 Å². The molecule has 156 valence electrons. The maximum absolute atomic E-state index is 12.8. The summed E-state index contributed by atoms with van der Waals surface area (Å²) in [4.78, 5) is 29.2. The molecule has 0 aliphatic carbocycles. The van der Waals surface area contributed by atoms with Crippen LogP contribution in [0.1, 0.15) is 55.1 Å². The first-order chi connectivity index (χ1) is 15.0. The highest BCUT2D eigenvalue weighted by atomic mass is 16.2.